The Labute approximate surface area is 191 Å². The lowest BCUT2D eigenvalue weighted by Crippen LogP contribution is -2.18. The van der Waals surface area contributed by atoms with E-state index in [1.807, 2.05) is 43.4 Å². The Morgan fingerprint density at radius 2 is 1.97 bits per heavy atom. The largest absolute Gasteiger partial charge is 0.477 e. The molecule has 2 N–H and O–H groups in total. The molecule has 1 aliphatic carbocycles. The molecule has 1 heterocycles. The number of carboxylic acid groups (broad SMARTS) is 1. The molecule has 6 heteroatoms. The van der Waals surface area contributed by atoms with Crippen molar-refractivity contribution in [1.82, 2.24) is 0 Å². The zero-order valence-electron chi connectivity index (χ0n) is 16.8. The van der Waals surface area contributed by atoms with Crippen molar-refractivity contribution < 1.29 is 15.0 Å². The molecule has 0 bridgehead atoms. The third-order valence-corrected chi connectivity index (χ3v) is 7.37. The van der Waals surface area contributed by atoms with Crippen molar-refractivity contribution in [3.8, 4) is 0 Å². The molecule has 30 heavy (non-hydrogen) atoms. The van der Waals surface area contributed by atoms with Gasteiger partial charge in [-0.1, -0.05) is 35.9 Å². The maximum Gasteiger partial charge on any atom is 0.345 e. The first-order valence-electron chi connectivity index (χ1n) is 10.1. The van der Waals surface area contributed by atoms with Crippen LogP contribution in [0.3, 0.4) is 0 Å². The molecule has 2 aromatic rings. The second kappa shape index (κ2) is 10.6. The second-order valence-corrected chi connectivity index (χ2v) is 9.87. The first-order chi connectivity index (χ1) is 14.4. The van der Waals surface area contributed by atoms with Crippen LogP contribution < -0.4 is 0 Å². The Hall–Kier alpha value is -1.59. The van der Waals surface area contributed by atoms with E-state index in [0.717, 1.165) is 35.3 Å². The van der Waals surface area contributed by atoms with Gasteiger partial charge in [0, 0.05) is 21.2 Å². The van der Waals surface area contributed by atoms with Crippen molar-refractivity contribution in [2.75, 3.05) is 0 Å². The van der Waals surface area contributed by atoms with Gasteiger partial charge in [0.25, 0.3) is 0 Å². The van der Waals surface area contributed by atoms with E-state index in [1.165, 1.54) is 11.3 Å². The molecule has 0 radical (unpaired) electrons. The predicted octanol–water partition coefficient (Wildman–Crippen LogP) is 6.77. The lowest BCUT2D eigenvalue weighted by atomic mass is 9.89. The van der Waals surface area contributed by atoms with Gasteiger partial charge in [0.1, 0.15) is 4.88 Å². The Morgan fingerprint density at radius 1 is 1.23 bits per heavy atom. The van der Waals surface area contributed by atoms with Gasteiger partial charge < -0.3 is 10.2 Å². The lowest BCUT2D eigenvalue weighted by molar-refractivity contribution is 0.0702. The Bertz CT molecular complexity index is 934. The summed E-state index contributed by atoms with van der Waals surface area (Å²) in [6.07, 6.45) is 10.8. The van der Waals surface area contributed by atoms with E-state index < -0.39 is 12.1 Å². The fourth-order valence-corrected chi connectivity index (χ4v) is 5.73. The minimum atomic E-state index is -0.880. The number of hydrogen-bond acceptors (Lipinski definition) is 3. The van der Waals surface area contributed by atoms with Crippen LogP contribution in [0, 0.1) is 11.8 Å². The highest BCUT2D eigenvalue weighted by Crippen LogP contribution is 2.40. The standard InChI is InChI=1S/C24H26Cl2O3S/c1-2-4-15-11-16(13-17(25)12-15)7-9-20-19(21(26)14-22(20)27)6-3-5-18-8-10-23(30-18)24(28)29/h2,4,7-13,19-22,27H,3,5-6,14H2,1H3,(H,28,29)/b4-2+,9-7?/t19?,20-,21-,22?/m1/s1. The van der Waals surface area contributed by atoms with Crippen molar-refractivity contribution in [2.24, 2.45) is 11.8 Å². The van der Waals surface area contributed by atoms with Gasteiger partial charge in [0.05, 0.1) is 6.10 Å². The number of halogens is 2. The quantitative estimate of drug-likeness (QED) is 0.423. The van der Waals surface area contributed by atoms with Crippen molar-refractivity contribution in [2.45, 2.75) is 44.1 Å². The molecule has 0 spiro atoms. The molecule has 160 valence electrons. The predicted molar refractivity (Wildman–Crippen MR) is 127 cm³/mol. The molecule has 1 aromatic carbocycles. The number of alkyl halides is 1. The molecule has 4 atom stereocenters. The third kappa shape index (κ3) is 5.98. The molecular formula is C24H26Cl2O3S. The highest BCUT2D eigenvalue weighted by molar-refractivity contribution is 7.13. The Balaban J connectivity index is 1.65. The van der Waals surface area contributed by atoms with E-state index >= 15 is 0 Å². The Morgan fingerprint density at radius 3 is 2.63 bits per heavy atom. The summed E-state index contributed by atoms with van der Waals surface area (Å²) in [7, 11) is 0. The van der Waals surface area contributed by atoms with Gasteiger partial charge in [-0.3, -0.25) is 0 Å². The summed E-state index contributed by atoms with van der Waals surface area (Å²) in [6, 6.07) is 9.44. The van der Waals surface area contributed by atoms with Crippen molar-refractivity contribution in [3.05, 3.63) is 68.4 Å². The average molecular weight is 465 g/mol. The normalized spacial score (nSPS) is 24.3. The van der Waals surface area contributed by atoms with Crippen LogP contribution in [-0.4, -0.2) is 27.7 Å². The van der Waals surface area contributed by atoms with Gasteiger partial charge in [-0.2, -0.15) is 0 Å². The molecule has 3 nitrogen and oxygen atoms in total. The van der Waals surface area contributed by atoms with Crippen LogP contribution >= 0.6 is 34.5 Å². The van der Waals surface area contributed by atoms with E-state index in [1.54, 1.807) is 6.07 Å². The molecule has 0 aliphatic heterocycles. The van der Waals surface area contributed by atoms with Crippen LogP contribution in [0.1, 0.15) is 51.9 Å². The maximum absolute atomic E-state index is 11.0. The number of aliphatic hydroxyl groups is 1. The zero-order chi connectivity index (χ0) is 21.7. The topological polar surface area (TPSA) is 57.5 Å². The van der Waals surface area contributed by atoms with Crippen molar-refractivity contribution in [1.29, 1.82) is 0 Å². The van der Waals surface area contributed by atoms with Gasteiger partial charge >= 0.3 is 5.97 Å². The summed E-state index contributed by atoms with van der Waals surface area (Å²) in [5.41, 5.74) is 2.04. The van der Waals surface area contributed by atoms with Crippen LogP contribution in [0.2, 0.25) is 5.02 Å². The number of hydrogen-bond donors (Lipinski definition) is 2. The number of carbonyl (C=O) groups is 1. The fraction of sp³-hybridized carbons (Fsp3) is 0.375. The van der Waals surface area contributed by atoms with Gasteiger partial charge in [0.15, 0.2) is 0 Å². The Kier molecular flexibility index (Phi) is 8.18. The van der Waals surface area contributed by atoms with Crippen molar-refractivity contribution >= 4 is 52.7 Å². The van der Waals surface area contributed by atoms with E-state index in [9.17, 15) is 9.90 Å². The molecule has 2 unspecified atom stereocenters. The van der Waals surface area contributed by atoms with Crippen LogP contribution in [0.5, 0.6) is 0 Å². The highest BCUT2D eigenvalue weighted by atomic mass is 35.5. The molecule has 1 aromatic heterocycles. The number of aromatic carboxylic acids is 1. The number of carboxylic acids is 1. The lowest BCUT2D eigenvalue weighted by Gasteiger charge is -2.20. The van der Waals surface area contributed by atoms with Gasteiger partial charge in [-0.15, -0.1) is 22.9 Å². The van der Waals surface area contributed by atoms with Crippen molar-refractivity contribution in [3.63, 3.8) is 0 Å². The van der Waals surface area contributed by atoms with Gasteiger partial charge in [-0.25, -0.2) is 4.79 Å². The average Bonchev–Trinajstić information content (AvgIpc) is 3.25. The number of benzene rings is 1. The van der Waals surface area contributed by atoms with Crippen LogP contribution in [0.4, 0.5) is 0 Å². The van der Waals surface area contributed by atoms with Crippen LogP contribution in [0.25, 0.3) is 12.2 Å². The first-order valence-corrected chi connectivity index (χ1v) is 11.8. The summed E-state index contributed by atoms with van der Waals surface area (Å²) < 4.78 is 0. The van der Waals surface area contributed by atoms with E-state index in [0.29, 0.717) is 16.3 Å². The van der Waals surface area contributed by atoms with E-state index in [2.05, 4.69) is 12.1 Å². The molecule has 3 rings (SSSR count). The summed E-state index contributed by atoms with van der Waals surface area (Å²) in [5.74, 6) is -0.699. The summed E-state index contributed by atoms with van der Waals surface area (Å²) in [4.78, 5) is 12.5. The zero-order valence-corrected chi connectivity index (χ0v) is 19.1. The number of aryl methyl sites for hydroxylation is 1. The molecular weight excluding hydrogens is 439 g/mol. The number of rotatable bonds is 8. The summed E-state index contributed by atoms with van der Waals surface area (Å²) in [5, 5.41) is 20.2. The van der Waals surface area contributed by atoms with E-state index in [4.69, 9.17) is 28.3 Å². The maximum atomic E-state index is 11.0. The molecule has 1 aliphatic rings. The van der Waals surface area contributed by atoms with Gasteiger partial charge in [-0.05, 0) is 80.0 Å². The molecule has 1 saturated carbocycles. The highest BCUT2D eigenvalue weighted by Gasteiger charge is 2.39. The number of aliphatic hydroxyl groups excluding tert-OH is 1. The van der Waals surface area contributed by atoms with Gasteiger partial charge in [0.2, 0.25) is 0 Å². The van der Waals surface area contributed by atoms with E-state index in [-0.39, 0.29) is 17.2 Å². The first kappa shape index (κ1) is 23.1. The molecule has 0 saturated heterocycles. The van der Waals surface area contributed by atoms with Crippen LogP contribution in [0.15, 0.2) is 42.5 Å². The monoisotopic (exact) mass is 464 g/mol. The number of thiophene rings is 1. The second-order valence-electron chi connectivity index (χ2n) is 7.70. The third-order valence-electron chi connectivity index (χ3n) is 5.52. The summed E-state index contributed by atoms with van der Waals surface area (Å²) >= 11 is 14.1. The SMILES string of the molecule is C/C=C/c1cc(Cl)cc(C=C[C@H]2C(O)C[C@@H](Cl)C2CCCc2ccc(C(=O)O)s2)c1. The minimum Gasteiger partial charge on any atom is -0.477 e. The smallest absolute Gasteiger partial charge is 0.345 e. The summed E-state index contributed by atoms with van der Waals surface area (Å²) in [6.45, 7) is 1.97. The molecule has 0 amide bonds. The van der Waals surface area contributed by atoms with Crippen LogP contribution in [-0.2, 0) is 6.42 Å². The molecule has 1 fully saturated rings. The minimum absolute atomic E-state index is 0.00503. The number of allylic oxidation sites excluding steroid dienone is 1. The fourth-order valence-electron chi connectivity index (χ4n) is 4.12.